The lowest BCUT2D eigenvalue weighted by Crippen LogP contribution is -2.66. The van der Waals surface area contributed by atoms with Crippen molar-refractivity contribution in [2.45, 2.75) is 71.7 Å². The molecule has 0 aromatic heterocycles. The van der Waals surface area contributed by atoms with Crippen molar-refractivity contribution in [1.82, 2.24) is 5.32 Å². The van der Waals surface area contributed by atoms with Gasteiger partial charge in [0, 0.05) is 34.3 Å². The van der Waals surface area contributed by atoms with Crippen molar-refractivity contribution < 1.29 is 52.3 Å². The van der Waals surface area contributed by atoms with Gasteiger partial charge in [-0.15, -0.1) is 0 Å². The fraction of sp³-hybridized carbons (Fsp3) is 0.810. The SMILES string of the molecule is CCCOCCOCCOC1OC(COC(C)=O)C(OC(C)=O)C(OC(C)=O)C1NC(C)=O. The molecule has 1 rings (SSSR count). The number of esters is 3. The van der Waals surface area contributed by atoms with Gasteiger partial charge in [0.2, 0.25) is 5.91 Å². The van der Waals surface area contributed by atoms with Crippen molar-refractivity contribution >= 4 is 23.8 Å². The average Bonchev–Trinajstić information content (AvgIpc) is 2.71. The highest BCUT2D eigenvalue weighted by Crippen LogP contribution is 2.28. The molecule has 12 nitrogen and oxygen atoms in total. The molecule has 1 aliphatic rings. The van der Waals surface area contributed by atoms with E-state index in [1.165, 1.54) is 27.7 Å². The first kappa shape index (κ1) is 28.8. The van der Waals surface area contributed by atoms with Crippen molar-refractivity contribution in [3.8, 4) is 0 Å². The second-order valence-corrected chi connectivity index (χ2v) is 7.32. The van der Waals surface area contributed by atoms with Crippen LogP contribution in [-0.4, -0.2) is 94.1 Å². The number of carbonyl (C=O) groups excluding carboxylic acids is 4. The van der Waals surface area contributed by atoms with Gasteiger partial charge in [-0.3, -0.25) is 19.2 Å². The van der Waals surface area contributed by atoms with Gasteiger partial charge in [-0.2, -0.15) is 0 Å². The highest BCUT2D eigenvalue weighted by atomic mass is 16.7. The van der Waals surface area contributed by atoms with Crippen molar-refractivity contribution in [1.29, 1.82) is 0 Å². The van der Waals surface area contributed by atoms with Gasteiger partial charge in [0.15, 0.2) is 18.5 Å². The van der Waals surface area contributed by atoms with E-state index in [9.17, 15) is 19.2 Å². The average molecular weight is 478 g/mol. The molecule has 0 bridgehead atoms. The van der Waals surface area contributed by atoms with Gasteiger partial charge in [0.05, 0.1) is 26.4 Å². The number of carbonyl (C=O) groups is 4. The van der Waals surface area contributed by atoms with Crippen LogP contribution in [0.4, 0.5) is 0 Å². The first-order valence-electron chi connectivity index (χ1n) is 10.8. The molecule has 0 aliphatic carbocycles. The minimum Gasteiger partial charge on any atom is -0.463 e. The predicted molar refractivity (Wildman–Crippen MR) is 112 cm³/mol. The smallest absolute Gasteiger partial charge is 0.303 e. The molecule has 1 saturated heterocycles. The monoisotopic (exact) mass is 477 g/mol. The predicted octanol–water partition coefficient (Wildman–Crippen LogP) is 0.102. The van der Waals surface area contributed by atoms with E-state index in [-0.39, 0.29) is 19.8 Å². The van der Waals surface area contributed by atoms with Crippen molar-refractivity contribution in [3.63, 3.8) is 0 Å². The fourth-order valence-electron chi connectivity index (χ4n) is 3.12. The van der Waals surface area contributed by atoms with Gasteiger partial charge in [0.1, 0.15) is 18.8 Å². The Kier molecular flexibility index (Phi) is 13.5. The molecule has 0 spiro atoms. The summed E-state index contributed by atoms with van der Waals surface area (Å²) in [5, 5.41) is 2.63. The number of hydrogen-bond donors (Lipinski definition) is 1. The van der Waals surface area contributed by atoms with Crippen LogP contribution < -0.4 is 5.32 Å². The third kappa shape index (κ3) is 11.4. The maximum atomic E-state index is 11.8. The van der Waals surface area contributed by atoms with Crippen LogP contribution in [0.2, 0.25) is 0 Å². The summed E-state index contributed by atoms with van der Waals surface area (Å²) in [7, 11) is 0. The number of rotatable bonds is 14. The molecule has 1 fully saturated rings. The number of amides is 1. The Balaban J connectivity index is 2.95. The molecule has 33 heavy (non-hydrogen) atoms. The number of hydrogen-bond acceptors (Lipinski definition) is 11. The molecule has 12 heteroatoms. The van der Waals surface area contributed by atoms with Crippen LogP contribution in [0, 0.1) is 0 Å². The Labute approximate surface area is 193 Å². The standard InChI is InChI=1S/C21H35NO11/c1-6-7-27-8-9-28-10-11-29-21-18(22-13(2)23)20(32-16(5)26)19(31-15(4)25)17(33-21)12-30-14(3)24/h17-21H,6-12H2,1-5H3,(H,22,23). The molecule has 0 aromatic rings. The van der Waals surface area contributed by atoms with Crippen LogP contribution in [0.1, 0.15) is 41.0 Å². The Hall–Kier alpha value is -2.28. The van der Waals surface area contributed by atoms with E-state index in [1.807, 2.05) is 6.92 Å². The second-order valence-electron chi connectivity index (χ2n) is 7.32. The van der Waals surface area contributed by atoms with E-state index in [4.69, 9.17) is 33.2 Å². The maximum Gasteiger partial charge on any atom is 0.303 e. The summed E-state index contributed by atoms with van der Waals surface area (Å²) >= 11 is 0. The Morgan fingerprint density at radius 1 is 0.788 bits per heavy atom. The largest absolute Gasteiger partial charge is 0.463 e. The molecule has 5 unspecified atom stereocenters. The van der Waals surface area contributed by atoms with Gasteiger partial charge >= 0.3 is 17.9 Å². The van der Waals surface area contributed by atoms with Crippen molar-refractivity contribution in [2.75, 3.05) is 39.6 Å². The summed E-state index contributed by atoms with van der Waals surface area (Å²) < 4.78 is 38.1. The van der Waals surface area contributed by atoms with Crippen molar-refractivity contribution in [2.24, 2.45) is 0 Å². The minimum absolute atomic E-state index is 0.0832. The highest BCUT2D eigenvalue weighted by Gasteiger charge is 2.51. The van der Waals surface area contributed by atoms with Crippen LogP contribution in [0.25, 0.3) is 0 Å². The first-order chi connectivity index (χ1) is 15.6. The summed E-state index contributed by atoms with van der Waals surface area (Å²) in [6.07, 6.45) is -3.52. The molecule has 1 heterocycles. The molecule has 0 saturated carbocycles. The Bertz CT molecular complexity index is 642. The summed E-state index contributed by atoms with van der Waals surface area (Å²) in [6.45, 7) is 8.32. The number of nitrogens with one attached hydrogen (secondary N) is 1. The zero-order valence-electron chi connectivity index (χ0n) is 19.8. The van der Waals surface area contributed by atoms with Crippen LogP contribution in [0.3, 0.4) is 0 Å². The molecule has 1 aliphatic heterocycles. The normalized spacial score (nSPS) is 24.6. The highest BCUT2D eigenvalue weighted by molar-refractivity contribution is 5.73. The van der Waals surface area contributed by atoms with Gasteiger partial charge in [0.25, 0.3) is 0 Å². The summed E-state index contributed by atoms with van der Waals surface area (Å²) in [6, 6.07) is -1.00. The molecular formula is C21H35NO11. The van der Waals surface area contributed by atoms with E-state index < -0.39 is 54.5 Å². The minimum atomic E-state index is -1.16. The topological polar surface area (TPSA) is 145 Å². The van der Waals surface area contributed by atoms with Crippen LogP contribution >= 0.6 is 0 Å². The first-order valence-corrected chi connectivity index (χ1v) is 10.8. The molecule has 1 amide bonds. The Morgan fingerprint density at radius 2 is 1.36 bits per heavy atom. The fourth-order valence-corrected chi connectivity index (χ4v) is 3.12. The third-order valence-corrected chi connectivity index (χ3v) is 4.30. The molecule has 0 aromatic carbocycles. The lowest BCUT2D eigenvalue weighted by atomic mass is 9.96. The molecule has 5 atom stereocenters. The Morgan fingerprint density at radius 3 is 1.91 bits per heavy atom. The van der Waals surface area contributed by atoms with Crippen molar-refractivity contribution in [3.05, 3.63) is 0 Å². The van der Waals surface area contributed by atoms with E-state index in [2.05, 4.69) is 5.32 Å². The third-order valence-electron chi connectivity index (χ3n) is 4.30. The van der Waals surface area contributed by atoms with E-state index >= 15 is 0 Å². The van der Waals surface area contributed by atoms with Gasteiger partial charge in [-0.1, -0.05) is 6.92 Å². The summed E-state index contributed by atoms with van der Waals surface area (Å²) in [4.78, 5) is 46.6. The van der Waals surface area contributed by atoms with Crippen LogP contribution in [-0.2, 0) is 52.3 Å². The second kappa shape index (κ2) is 15.5. The van der Waals surface area contributed by atoms with Crippen LogP contribution in [0.5, 0.6) is 0 Å². The quantitative estimate of drug-likeness (QED) is 0.207. The van der Waals surface area contributed by atoms with Crippen LogP contribution in [0.15, 0.2) is 0 Å². The summed E-state index contributed by atoms with van der Waals surface area (Å²) in [5.74, 6) is -2.37. The summed E-state index contributed by atoms with van der Waals surface area (Å²) in [5.41, 5.74) is 0. The van der Waals surface area contributed by atoms with Gasteiger partial charge in [-0.25, -0.2) is 0 Å². The lowest BCUT2D eigenvalue weighted by Gasteiger charge is -2.44. The molecule has 0 radical (unpaired) electrons. The van der Waals surface area contributed by atoms with Gasteiger partial charge in [-0.05, 0) is 6.42 Å². The zero-order chi connectivity index (χ0) is 24.8. The molecular weight excluding hydrogens is 442 g/mol. The maximum absolute atomic E-state index is 11.8. The van der Waals surface area contributed by atoms with E-state index in [0.29, 0.717) is 19.8 Å². The van der Waals surface area contributed by atoms with E-state index in [1.54, 1.807) is 0 Å². The zero-order valence-corrected chi connectivity index (χ0v) is 19.8. The number of ether oxygens (including phenoxy) is 7. The molecule has 1 N–H and O–H groups in total. The van der Waals surface area contributed by atoms with Gasteiger partial charge < -0.3 is 38.5 Å². The van der Waals surface area contributed by atoms with E-state index in [0.717, 1.165) is 6.42 Å². The lowest BCUT2D eigenvalue weighted by molar-refractivity contribution is -0.279. The molecule has 190 valence electrons.